The molecule has 0 amide bonds. The minimum Gasteiger partial charge on any atom is -0.329 e. The van der Waals surface area contributed by atoms with E-state index < -0.39 is 0 Å². The molecule has 2 heteroatoms. The zero-order valence-corrected chi connectivity index (χ0v) is 11.3. The second kappa shape index (κ2) is 5.98. The van der Waals surface area contributed by atoms with Crippen molar-refractivity contribution in [1.29, 1.82) is 0 Å². The molecule has 0 radical (unpaired) electrons. The number of fused-ring (bicyclic) bond motifs is 1. The molecule has 1 unspecified atom stereocenters. The number of hydrogen-bond acceptors (Lipinski definition) is 2. The van der Waals surface area contributed by atoms with Crippen LogP contribution in [0.5, 0.6) is 0 Å². The summed E-state index contributed by atoms with van der Waals surface area (Å²) in [6, 6.07) is 15.6. The average molecular weight is 242 g/mol. The molecule has 0 saturated heterocycles. The summed E-state index contributed by atoms with van der Waals surface area (Å²) in [5.41, 5.74) is 7.11. The van der Waals surface area contributed by atoms with Gasteiger partial charge in [0, 0.05) is 19.1 Å². The Morgan fingerprint density at radius 3 is 2.61 bits per heavy atom. The number of hydrogen-bond donors (Lipinski definition) is 1. The minimum atomic E-state index is 0.444. The fourth-order valence-corrected chi connectivity index (χ4v) is 2.21. The van der Waals surface area contributed by atoms with Gasteiger partial charge >= 0.3 is 0 Å². The highest BCUT2D eigenvalue weighted by molar-refractivity contribution is 5.85. The van der Waals surface area contributed by atoms with Crippen LogP contribution in [0, 0.1) is 0 Å². The molecule has 2 aromatic carbocycles. The van der Waals surface area contributed by atoms with Crippen molar-refractivity contribution in [3.8, 4) is 0 Å². The highest BCUT2D eigenvalue weighted by Gasteiger charge is 2.07. The Labute approximate surface area is 109 Å². The normalized spacial score (nSPS) is 13.1. The smallest absolute Gasteiger partial charge is 0.0187 e. The van der Waals surface area contributed by atoms with Gasteiger partial charge < -0.3 is 10.6 Å². The van der Waals surface area contributed by atoms with Crippen molar-refractivity contribution in [2.24, 2.45) is 5.73 Å². The summed E-state index contributed by atoms with van der Waals surface area (Å²) < 4.78 is 0. The first-order valence-electron chi connectivity index (χ1n) is 6.59. The van der Waals surface area contributed by atoms with Gasteiger partial charge in [-0.3, -0.25) is 0 Å². The van der Waals surface area contributed by atoms with Gasteiger partial charge in [-0.25, -0.2) is 0 Å². The average Bonchev–Trinajstić information content (AvgIpc) is 2.43. The summed E-state index contributed by atoms with van der Waals surface area (Å²) in [5.74, 6) is 0. The van der Waals surface area contributed by atoms with Gasteiger partial charge in [0.25, 0.3) is 0 Å². The van der Waals surface area contributed by atoms with Crippen molar-refractivity contribution < 1.29 is 0 Å². The van der Waals surface area contributed by atoms with Gasteiger partial charge in [0.2, 0.25) is 0 Å². The minimum absolute atomic E-state index is 0.444. The summed E-state index contributed by atoms with van der Waals surface area (Å²) in [6.45, 7) is 3.93. The Morgan fingerprint density at radius 1 is 1.11 bits per heavy atom. The maximum atomic E-state index is 5.69. The quantitative estimate of drug-likeness (QED) is 0.873. The van der Waals surface area contributed by atoms with Gasteiger partial charge in [-0.05, 0) is 36.7 Å². The summed E-state index contributed by atoms with van der Waals surface area (Å²) in [6.07, 6.45) is 1.07. The van der Waals surface area contributed by atoms with Crippen LogP contribution in [0.2, 0.25) is 0 Å². The van der Waals surface area contributed by atoms with Crippen LogP contribution < -0.4 is 5.73 Å². The summed E-state index contributed by atoms with van der Waals surface area (Å²) in [5, 5.41) is 2.69. The maximum absolute atomic E-state index is 5.69. The molecule has 96 valence electrons. The van der Waals surface area contributed by atoms with Crippen LogP contribution in [0.4, 0.5) is 0 Å². The van der Waals surface area contributed by atoms with E-state index in [1.165, 1.54) is 16.3 Å². The second-order valence-corrected chi connectivity index (χ2v) is 4.95. The third kappa shape index (κ3) is 2.89. The third-order valence-corrected chi connectivity index (χ3v) is 3.71. The lowest BCUT2D eigenvalue weighted by Crippen LogP contribution is -2.36. The molecule has 0 saturated carbocycles. The van der Waals surface area contributed by atoms with E-state index in [4.69, 9.17) is 5.73 Å². The molecule has 0 aliphatic carbocycles. The topological polar surface area (TPSA) is 29.3 Å². The number of benzene rings is 2. The summed E-state index contributed by atoms with van der Waals surface area (Å²) >= 11 is 0. The Kier molecular flexibility index (Phi) is 4.34. The van der Waals surface area contributed by atoms with Gasteiger partial charge in [-0.2, -0.15) is 0 Å². The van der Waals surface area contributed by atoms with E-state index in [2.05, 4.69) is 61.3 Å². The lowest BCUT2D eigenvalue weighted by molar-refractivity contribution is 0.266. The van der Waals surface area contributed by atoms with Gasteiger partial charge in [0.1, 0.15) is 0 Å². The highest BCUT2D eigenvalue weighted by atomic mass is 15.1. The largest absolute Gasteiger partial charge is 0.329 e. The monoisotopic (exact) mass is 242 g/mol. The molecule has 18 heavy (non-hydrogen) atoms. The first kappa shape index (κ1) is 13.1. The van der Waals surface area contributed by atoms with Gasteiger partial charge in [0.05, 0.1) is 0 Å². The van der Waals surface area contributed by atoms with Crippen LogP contribution in [0.15, 0.2) is 42.5 Å². The molecule has 2 nitrogen and oxygen atoms in total. The van der Waals surface area contributed by atoms with Crippen LogP contribution >= 0.6 is 0 Å². The van der Waals surface area contributed by atoms with E-state index in [9.17, 15) is 0 Å². The fourth-order valence-electron chi connectivity index (χ4n) is 2.21. The summed E-state index contributed by atoms with van der Waals surface area (Å²) in [7, 11) is 2.14. The van der Waals surface area contributed by atoms with Gasteiger partial charge in [-0.1, -0.05) is 42.5 Å². The predicted octanol–water partition coefficient (Wildman–Crippen LogP) is 2.66. The van der Waals surface area contributed by atoms with E-state index in [-0.39, 0.29) is 0 Å². The number of rotatable bonds is 5. The molecule has 0 aliphatic heterocycles. The molecule has 2 N–H and O–H groups in total. The molecular weight excluding hydrogens is 220 g/mol. The van der Waals surface area contributed by atoms with Crippen LogP contribution in [-0.4, -0.2) is 31.1 Å². The zero-order chi connectivity index (χ0) is 13.0. The van der Waals surface area contributed by atoms with Gasteiger partial charge in [-0.15, -0.1) is 0 Å². The van der Waals surface area contributed by atoms with Crippen molar-refractivity contribution in [2.75, 3.05) is 20.1 Å². The van der Waals surface area contributed by atoms with E-state index in [1.807, 2.05) is 0 Å². The SMILES string of the molecule is CC(CN)N(C)CCc1cccc2ccccc12. The zero-order valence-electron chi connectivity index (χ0n) is 11.3. The second-order valence-electron chi connectivity index (χ2n) is 4.95. The molecule has 2 rings (SSSR count). The predicted molar refractivity (Wildman–Crippen MR) is 78.8 cm³/mol. The van der Waals surface area contributed by atoms with E-state index >= 15 is 0 Å². The lowest BCUT2D eigenvalue weighted by atomic mass is 10.0. The Morgan fingerprint density at radius 2 is 1.83 bits per heavy atom. The van der Waals surface area contributed by atoms with Crippen molar-refractivity contribution in [3.63, 3.8) is 0 Å². The highest BCUT2D eigenvalue weighted by Crippen LogP contribution is 2.19. The van der Waals surface area contributed by atoms with Crippen molar-refractivity contribution in [3.05, 3.63) is 48.0 Å². The molecule has 1 atom stereocenters. The number of likely N-dealkylation sites (N-methyl/N-ethyl adjacent to an activating group) is 1. The first-order valence-corrected chi connectivity index (χ1v) is 6.59. The Balaban J connectivity index is 2.12. The Hall–Kier alpha value is -1.38. The number of nitrogens with zero attached hydrogens (tertiary/aromatic N) is 1. The van der Waals surface area contributed by atoms with Crippen LogP contribution in [0.25, 0.3) is 10.8 Å². The van der Waals surface area contributed by atoms with Crippen LogP contribution in [0.1, 0.15) is 12.5 Å². The van der Waals surface area contributed by atoms with Crippen molar-refractivity contribution >= 4 is 10.8 Å². The molecule has 0 fully saturated rings. The molecule has 0 aliphatic rings. The van der Waals surface area contributed by atoms with Crippen molar-refractivity contribution in [2.45, 2.75) is 19.4 Å². The standard InChI is InChI=1S/C16H22N2/c1-13(12-17)18(2)11-10-15-8-5-7-14-6-3-4-9-16(14)15/h3-9,13H,10-12,17H2,1-2H3. The first-order chi connectivity index (χ1) is 8.72. The third-order valence-electron chi connectivity index (χ3n) is 3.71. The van der Waals surface area contributed by atoms with Crippen LogP contribution in [-0.2, 0) is 6.42 Å². The molecule has 0 bridgehead atoms. The maximum Gasteiger partial charge on any atom is 0.0187 e. The van der Waals surface area contributed by atoms with E-state index in [1.54, 1.807) is 0 Å². The van der Waals surface area contributed by atoms with Crippen molar-refractivity contribution in [1.82, 2.24) is 4.90 Å². The lowest BCUT2D eigenvalue weighted by Gasteiger charge is -2.23. The van der Waals surface area contributed by atoms with E-state index in [0.717, 1.165) is 13.0 Å². The molecule has 0 spiro atoms. The molecule has 2 aromatic rings. The molecule has 0 heterocycles. The molecular formula is C16H22N2. The van der Waals surface area contributed by atoms with E-state index in [0.29, 0.717) is 12.6 Å². The van der Waals surface area contributed by atoms with Gasteiger partial charge in [0.15, 0.2) is 0 Å². The fraction of sp³-hybridized carbons (Fsp3) is 0.375. The number of nitrogens with two attached hydrogens (primary N) is 1. The van der Waals surface area contributed by atoms with Crippen LogP contribution in [0.3, 0.4) is 0 Å². The Bertz CT molecular complexity index is 502. The molecule has 0 aromatic heterocycles. The summed E-state index contributed by atoms with van der Waals surface area (Å²) in [4.78, 5) is 2.32.